The summed E-state index contributed by atoms with van der Waals surface area (Å²) in [5.41, 5.74) is 8.11. The Morgan fingerprint density at radius 1 is 1.47 bits per heavy atom. The van der Waals surface area contributed by atoms with Crippen molar-refractivity contribution in [1.29, 1.82) is 0 Å². The maximum Gasteiger partial charge on any atom is 0.261 e. The molecule has 0 fully saturated rings. The molecule has 0 spiro atoms. The van der Waals surface area contributed by atoms with Crippen molar-refractivity contribution >= 4 is 17.3 Å². The summed E-state index contributed by atoms with van der Waals surface area (Å²) in [5, 5.41) is 15.7. The summed E-state index contributed by atoms with van der Waals surface area (Å²) in [6, 6.07) is 7.06. The van der Waals surface area contributed by atoms with Crippen LogP contribution in [0.2, 0.25) is 0 Å². The molecule has 6 nitrogen and oxygen atoms in total. The van der Waals surface area contributed by atoms with Crippen LogP contribution in [0, 0.1) is 6.92 Å². The fourth-order valence-corrected chi connectivity index (χ4v) is 1.88. The van der Waals surface area contributed by atoms with Gasteiger partial charge in [0.15, 0.2) is 0 Å². The number of aromatic nitrogens is 2. The molecule has 4 N–H and O–H groups in total. The Bertz CT molecular complexity index is 580. The highest BCUT2D eigenvalue weighted by Gasteiger charge is 2.21. The first-order chi connectivity index (χ1) is 9.15. The molecule has 1 aromatic heterocycles. The van der Waals surface area contributed by atoms with E-state index in [-0.39, 0.29) is 19.1 Å². The summed E-state index contributed by atoms with van der Waals surface area (Å²) in [6.45, 7) is 1.81. The van der Waals surface area contributed by atoms with Gasteiger partial charge in [-0.25, -0.2) is 0 Å². The molecule has 1 heterocycles. The van der Waals surface area contributed by atoms with Gasteiger partial charge in [-0.15, -0.1) is 0 Å². The highest BCUT2D eigenvalue weighted by atomic mass is 16.3. The van der Waals surface area contributed by atoms with Gasteiger partial charge in [0.05, 0.1) is 29.7 Å². The predicted molar refractivity (Wildman–Crippen MR) is 72.9 cm³/mol. The average Bonchev–Trinajstić information content (AvgIpc) is 2.82. The number of nitrogens with two attached hydrogens (primary N) is 1. The highest BCUT2D eigenvalue weighted by molar-refractivity contribution is 6.08. The summed E-state index contributed by atoms with van der Waals surface area (Å²) < 4.78 is 0. The van der Waals surface area contributed by atoms with Gasteiger partial charge < -0.3 is 15.7 Å². The van der Waals surface area contributed by atoms with Crippen LogP contribution in [0.15, 0.2) is 30.5 Å². The molecule has 0 aliphatic heterocycles. The Morgan fingerprint density at radius 2 is 2.21 bits per heavy atom. The molecule has 0 saturated carbocycles. The van der Waals surface area contributed by atoms with E-state index in [0.717, 1.165) is 0 Å². The van der Waals surface area contributed by atoms with Crippen molar-refractivity contribution in [2.45, 2.75) is 6.92 Å². The number of carbonyl (C=O) groups excluding carboxylic acids is 1. The first kappa shape index (κ1) is 13.1. The van der Waals surface area contributed by atoms with Crippen LogP contribution in [0.3, 0.4) is 0 Å². The molecule has 0 atom stereocenters. The maximum absolute atomic E-state index is 12.5. The minimum absolute atomic E-state index is 0.142. The number of hydrogen-bond acceptors (Lipinski definition) is 4. The summed E-state index contributed by atoms with van der Waals surface area (Å²) in [5.74, 6) is -0.238. The second-order valence-corrected chi connectivity index (χ2v) is 4.15. The number of nitrogen functional groups attached to an aromatic ring is 1. The van der Waals surface area contributed by atoms with Crippen LogP contribution in [0.1, 0.15) is 16.1 Å². The standard InChI is InChI=1S/C13H16N4O2/c1-9-10(8-15-16-9)13(19)17(6-7-18)12-5-3-2-4-11(12)14/h2-5,8,18H,6-7,14H2,1H3,(H,15,16). The third-order valence-electron chi connectivity index (χ3n) is 2.86. The Kier molecular flexibility index (Phi) is 3.82. The van der Waals surface area contributed by atoms with E-state index in [4.69, 9.17) is 10.8 Å². The van der Waals surface area contributed by atoms with Crippen molar-refractivity contribution in [3.05, 3.63) is 41.7 Å². The molecule has 0 aliphatic rings. The van der Waals surface area contributed by atoms with E-state index in [0.29, 0.717) is 22.6 Å². The number of carbonyl (C=O) groups is 1. The number of nitrogens with one attached hydrogen (secondary N) is 1. The van der Waals surface area contributed by atoms with Crippen LogP contribution in [-0.4, -0.2) is 34.4 Å². The molecule has 0 aliphatic carbocycles. The summed E-state index contributed by atoms with van der Waals surface area (Å²) >= 11 is 0. The van der Waals surface area contributed by atoms with E-state index < -0.39 is 0 Å². The summed E-state index contributed by atoms with van der Waals surface area (Å²) in [4.78, 5) is 13.9. The van der Waals surface area contributed by atoms with Crippen LogP contribution < -0.4 is 10.6 Å². The first-order valence-electron chi connectivity index (χ1n) is 5.92. The molecular formula is C13H16N4O2. The smallest absolute Gasteiger partial charge is 0.261 e. The van der Waals surface area contributed by atoms with Gasteiger partial charge in [0, 0.05) is 12.2 Å². The zero-order valence-electron chi connectivity index (χ0n) is 10.6. The van der Waals surface area contributed by atoms with Crippen LogP contribution in [-0.2, 0) is 0 Å². The maximum atomic E-state index is 12.5. The monoisotopic (exact) mass is 260 g/mol. The number of H-pyrrole nitrogens is 1. The van der Waals surface area contributed by atoms with E-state index in [2.05, 4.69) is 10.2 Å². The van der Waals surface area contributed by atoms with Gasteiger partial charge >= 0.3 is 0 Å². The van der Waals surface area contributed by atoms with Gasteiger partial charge in [0.1, 0.15) is 0 Å². The van der Waals surface area contributed by atoms with Crippen molar-refractivity contribution in [2.75, 3.05) is 23.8 Å². The number of aliphatic hydroxyl groups excluding tert-OH is 1. The Morgan fingerprint density at radius 3 is 2.79 bits per heavy atom. The Hall–Kier alpha value is -2.34. The van der Waals surface area contributed by atoms with Crippen molar-refractivity contribution in [3.63, 3.8) is 0 Å². The number of nitrogens with zero attached hydrogens (tertiary/aromatic N) is 2. The Labute approximate surface area is 110 Å². The number of hydrogen-bond donors (Lipinski definition) is 3. The first-order valence-corrected chi connectivity index (χ1v) is 5.92. The van der Waals surface area contributed by atoms with Gasteiger partial charge in [-0.2, -0.15) is 5.10 Å². The van der Waals surface area contributed by atoms with E-state index in [9.17, 15) is 4.79 Å². The van der Waals surface area contributed by atoms with Gasteiger partial charge in [-0.3, -0.25) is 9.89 Å². The summed E-state index contributed by atoms with van der Waals surface area (Å²) in [6.07, 6.45) is 1.47. The largest absolute Gasteiger partial charge is 0.397 e. The van der Waals surface area contributed by atoms with E-state index in [1.165, 1.54) is 11.1 Å². The molecule has 1 aromatic carbocycles. The zero-order chi connectivity index (χ0) is 13.8. The van der Waals surface area contributed by atoms with Crippen LogP contribution >= 0.6 is 0 Å². The molecule has 2 aromatic rings. The second kappa shape index (κ2) is 5.53. The lowest BCUT2D eigenvalue weighted by atomic mass is 10.2. The number of aromatic amines is 1. The lowest BCUT2D eigenvalue weighted by Gasteiger charge is -2.23. The van der Waals surface area contributed by atoms with E-state index >= 15 is 0 Å². The number of anilines is 2. The van der Waals surface area contributed by atoms with Gasteiger partial charge in [0.25, 0.3) is 5.91 Å². The van der Waals surface area contributed by atoms with Gasteiger partial charge in [-0.05, 0) is 19.1 Å². The fourth-order valence-electron chi connectivity index (χ4n) is 1.88. The minimum atomic E-state index is -0.238. The molecule has 0 bridgehead atoms. The minimum Gasteiger partial charge on any atom is -0.397 e. The molecule has 2 rings (SSSR count). The Balaban J connectivity index is 2.39. The number of rotatable bonds is 4. The molecule has 1 amide bonds. The third-order valence-corrected chi connectivity index (χ3v) is 2.86. The average molecular weight is 260 g/mol. The normalized spacial score (nSPS) is 10.4. The summed E-state index contributed by atoms with van der Waals surface area (Å²) in [7, 11) is 0. The number of benzene rings is 1. The van der Waals surface area contributed by atoms with E-state index in [1.54, 1.807) is 31.2 Å². The van der Waals surface area contributed by atoms with E-state index in [1.807, 2.05) is 0 Å². The lowest BCUT2D eigenvalue weighted by molar-refractivity contribution is 0.0980. The number of amides is 1. The highest BCUT2D eigenvalue weighted by Crippen LogP contribution is 2.24. The molecule has 100 valence electrons. The number of aryl methyl sites for hydroxylation is 1. The van der Waals surface area contributed by atoms with Gasteiger partial charge in [0.2, 0.25) is 0 Å². The van der Waals surface area contributed by atoms with Crippen molar-refractivity contribution < 1.29 is 9.90 Å². The SMILES string of the molecule is Cc1[nH]ncc1C(=O)N(CCO)c1ccccc1N. The molecule has 6 heteroatoms. The van der Waals surface area contributed by atoms with Gasteiger partial charge in [-0.1, -0.05) is 12.1 Å². The van der Waals surface area contributed by atoms with Crippen molar-refractivity contribution in [3.8, 4) is 0 Å². The second-order valence-electron chi connectivity index (χ2n) is 4.15. The quantitative estimate of drug-likeness (QED) is 0.713. The van der Waals surface area contributed by atoms with Crippen LogP contribution in [0.4, 0.5) is 11.4 Å². The molecular weight excluding hydrogens is 244 g/mol. The van der Waals surface area contributed by atoms with Crippen LogP contribution in [0.25, 0.3) is 0 Å². The zero-order valence-corrected chi connectivity index (χ0v) is 10.6. The molecule has 19 heavy (non-hydrogen) atoms. The third kappa shape index (κ3) is 2.58. The number of aliphatic hydroxyl groups is 1. The van der Waals surface area contributed by atoms with Crippen LogP contribution in [0.5, 0.6) is 0 Å². The number of para-hydroxylation sites is 2. The molecule has 0 saturated heterocycles. The van der Waals surface area contributed by atoms with Crippen molar-refractivity contribution in [1.82, 2.24) is 10.2 Å². The topological polar surface area (TPSA) is 95.2 Å². The molecule has 0 radical (unpaired) electrons. The molecule has 0 unspecified atom stereocenters. The van der Waals surface area contributed by atoms with Crippen molar-refractivity contribution in [2.24, 2.45) is 0 Å². The lowest BCUT2D eigenvalue weighted by Crippen LogP contribution is -2.34. The predicted octanol–water partition coefficient (Wildman–Crippen LogP) is 0.939. The fraction of sp³-hybridized carbons (Fsp3) is 0.231.